The maximum absolute atomic E-state index is 12.4. The third kappa shape index (κ3) is 3.45. The van der Waals surface area contributed by atoms with Crippen molar-refractivity contribution < 1.29 is 4.79 Å². The smallest absolute Gasteiger partial charge is 0.252 e. The van der Waals surface area contributed by atoms with E-state index in [2.05, 4.69) is 25.2 Å². The van der Waals surface area contributed by atoms with Crippen LogP contribution in [0, 0.1) is 5.92 Å². The topological polar surface area (TPSA) is 75.4 Å². The highest BCUT2D eigenvalue weighted by atomic mass is 16.1. The van der Waals surface area contributed by atoms with Crippen LogP contribution >= 0.6 is 0 Å². The number of pyridine rings is 1. The van der Waals surface area contributed by atoms with Crippen molar-refractivity contribution in [3.05, 3.63) is 54.7 Å². The number of hydrogen-bond donors (Lipinski definition) is 1. The Hall–Kier alpha value is -2.96. The van der Waals surface area contributed by atoms with E-state index in [9.17, 15) is 4.79 Å². The molecule has 1 atom stereocenters. The van der Waals surface area contributed by atoms with Gasteiger partial charge in [-0.1, -0.05) is 0 Å². The molecule has 7 nitrogen and oxygen atoms in total. The lowest BCUT2D eigenvalue weighted by Gasteiger charge is -2.32. The second-order valence-electron chi connectivity index (χ2n) is 6.32. The van der Waals surface area contributed by atoms with Gasteiger partial charge in [-0.05, 0) is 37.0 Å². The number of aromatic nitrogens is 4. The van der Waals surface area contributed by atoms with Gasteiger partial charge < -0.3 is 14.6 Å². The highest BCUT2D eigenvalue weighted by Gasteiger charge is 2.22. The number of anilines is 1. The Morgan fingerprint density at radius 2 is 2.08 bits per heavy atom. The molecule has 3 aromatic rings. The average molecular weight is 336 g/mol. The molecule has 1 saturated heterocycles. The second kappa shape index (κ2) is 6.88. The third-order valence-electron chi connectivity index (χ3n) is 4.56. The molecular weight excluding hydrogens is 316 g/mol. The zero-order valence-electron chi connectivity index (χ0n) is 13.9. The number of rotatable bonds is 4. The van der Waals surface area contributed by atoms with E-state index in [0.29, 0.717) is 18.0 Å². The van der Waals surface area contributed by atoms with Gasteiger partial charge in [-0.3, -0.25) is 4.79 Å². The van der Waals surface area contributed by atoms with Gasteiger partial charge in [0.2, 0.25) is 5.95 Å². The van der Waals surface area contributed by atoms with Crippen molar-refractivity contribution in [1.82, 2.24) is 24.7 Å². The van der Waals surface area contributed by atoms with E-state index in [1.54, 1.807) is 18.6 Å². The fourth-order valence-electron chi connectivity index (χ4n) is 3.26. The number of imidazole rings is 1. The standard InChI is InChI=1S/C18H20N6O/c25-17(15-4-5-16-19-8-10-23(16)13-15)22-11-14-3-1-9-24(12-14)18-20-6-2-7-21-18/h2,4-8,10,13-14H,1,3,9,11-12H2,(H,22,25)/t14-/m0/s1. The Labute approximate surface area is 145 Å². The van der Waals surface area contributed by atoms with E-state index in [4.69, 9.17) is 0 Å². The number of amides is 1. The molecule has 1 amide bonds. The van der Waals surface area contributed by atoms with Crippen LogP contribution in [0.3, 0.4) is 0 Å². The van der Waals surface area contributed by atoms with Crippen LogP contribution in [-0.4, -0.2) is 44.9 Å². The van der Waals surface area contributed by atoms with E-state index >= 15 is 0 Å². The number of nitrogens with one attached hydrogen (secondary N) is 1. The first-order valence-electron chi connectivity index (χ1n) is 8.52. The molecule has 0 spiro atoms. The summed E-state index contributed by atoms with van der Waals surface area (Å²) in [7, 11) is 0. The molecular formula is C18H20N6O. The van der Waals surface area contributed by atoms with Crippen LogP contribution < -0.4 is 10.2 Å². The quantitative estimate of drug-likeness (QED) is 0.786. The SMILES string of the molecule is O=C(NC[C@@H]1CCCN(c2ncccn2)C1)c1ccc2nccn2c1. The summed E-state index contributed by atoms with van der Waals surface area (Å²) in [6, 6.07) is 5.48. The van der Waals surface area contributed by atoms with Gasteiger partial charge in [-0.15, -0.1) is 0 Å². The molecule has 1 N–H and O–H groups in total. The van der Waals surface area contributed by atoms with Crippen molar-refractivity contribution in [1.29, 1.82) is 0 Å². The van der Waals surface area contributed by atoms with Gasteiger partial charge in [0.15, 0.2) is 0 Å². The highest BCUT2D eigenvalue weighted by Crippen LogP contribution is 2.19. The van der Waals surface area contributed by atoms with Crippen LogP contribution in [-0.2, 0) is 0 Å². The first-order chi connectivity index (χ1) is 12.3. The van der Waals surface area contributed by atoms with Crippen molar-refractivity contribution in [2.45, 2.75) is 12.8 Å². The van der Waals surface area contributed by atoms with Gasteiger partial charge >= 0.3 is 0 Å². The zero-order chi connectivity index (χ0) is 17.1. The lowest BCUT2D eigenvalue weighted by atomic mass is 9.98. The zero-order valence-corrected chi connectivity index (χ0v) is 13.9. The minimum absolute atomic E-state index is 0.0521. The van der Waals surface area contributed by atoms with Crippen LogP contribution in [0.4, 0.5) is 5.95 Å². The normalized spacial score (nSPS) is 17.6. The average Bonchev–Trinajstić information content (AvgIpc) is 3.15. The highest BCUT2D eigenvalue weighted by molar-refractivity contribution is 5.94. The maximum Gasteiger partial charge on any atom is 0.252 e. The largest absolute Gasteiger partial charge is 0.352 e. The van der Waals surface area contributed by atoms with Crippen LogP contribution in [0.2, 0.25) is 0 Å². The molecule has 1 aliphatic rings. The van der Waals surface area contributed by atoms with E-state index < -0.39 is 0 Å². The minimum atomic E-state index is -0.0521. The summed E-state index contributed by atoms with van der Waals surface area (Å²) in [5, 5.41) is 3.06. The number of hydrogen-bond acceptors (Lipinski definition) is 5. The molecule has 1 fully saturated rings. The molecule has 0 aromatic carbocycles. The van der Waals surface area contributed by atoms with E-state index in [1.165, 1.54) is 0 Å². The van der Waals surface area contributed by atoms with Crippen LogP contribution in [0.1, 0.15) is 23.2 Å². The fourth-order valence-corrected chi connectivity index (χ4v) is 3.26. The molecule has 128 valence electrons. The first-order valence-corrected chi connectivity index (χ1v) is 8.52. The number of nitrogens with zero attached hydrogens (tertiary/aromatic N) is 5. The summed E-state index contributed by atoms with van der Waals surface area (Å²) in [6.07, 6.45) is 11.1. The molecule has 0 saturated carbocycles. The van der Waals surface area contributed by atoms with Crippen molar-refractivity contribution >= 4 is 17.5 Å². The molecule has 4 heterocycles. The van der Waals surface area contributed by atoms with Crippen molar-refractivity contribution in [2.75, 3.05) is 24.5 Å². The van der Waals surface area contributed by atoms with E-state index in [0.717, 1.165) is 37.5 Å². The molecule has 25 heavy (non-hydrogen) atoms. The fraction of sp³-hybridized carbons (Fsp3) is 0.333. The second-order valence-corrected chi connectivity index (χ2v) is 6.32. The van der Waals surface area contributed by atoms with Gasteiger partial charge in [-0.2, -0.15) is 0 Å². The van der Waals surface area contributed by atoms with Gasteiger partial charge in [0, 0.05) is 50.6 Å². The summed E-state index contributed by atoms with van der Waals surface area (Å²) in [5.41, 5.74) is 1.48. The first kappa shape index (κ1) is 15.6. The van der Waals surface area contributed by atoms with Crippen molar-refractivity contribution in [3.63, 3.8) is 0 Å². The van der Waals surface area contributed by atoms with Crippen molar-refractivity contribution in [2.24, 2.45) is 5.92 Å². The predicted octanol–water partition coefficient (Wildman–Crippen LogP) is 1.77. The van der Waals surface area contributed by atoms with Gasteiger partial charge in [0.05, 0.1) is 5.56 Å². The van der Waals surface area contributed by atoms with Crippen LogP contribution in [0.25, 0.3) is 5.65 Å². The summed E-state index contributed by atoms with van der Waals surface area (Å²) in [6.45, 7) is 2.49. The molecule has 4 rings (SSSR count). The Morgan fingerprint density at radius 1 is 1.20 bits per heavy atom. The van der Waals surface area contributed by atoms with Crippen LogP contribution in [0.5, 0.6) is 0 Å². The molecule has 0 aliphatic carbocycles. The molecule has 0 bridgehead atoms. The Balaban J connectivity index is 1.36. The van der Waals surface area contributed by atoms with Gasteiger partial charge in [-0.25, -0.2) is 15.0 Å². The molecule has 7 heteroatoms. The van der Waals surface area contributed by atoms with E-state index in [-0.39, 0.29) is 5.91 Å². The van der Waals surface area contributed by atoms with Crippen molar-refractivity contribution in [3.8, 4) is 0 Å². The van der Waals surface area contributed by atoms with Crippen LogP contribution in [0.15, 0.2) is 49.2 Å². The molecule has 0 unspecified atom stereocenters. The van der Waals surface area contributed by atoms with Gasteiger partial charge in [0.1, 0.15) is 5.65 Å². The minimum Gasteiger partial charge on any atom is -0.352 e. The summed E-state index contributed by atoms with van der Waals surface area (Å²) in [4.78, 5) is 27.4. The monoisotopic (exact) mass is 336 g/mol. The Morgan fingerprint density at radius 3 is 2.96 bits per heavy atom. The number of carbonyl (C=O) groups excluding carboxylic acids is 1. The Kier molecular flexibility index (Phi) is 4.28. The summed E-state index contributed by atoms with van der Waals surface area (Å²) in [5.74, 6) is 1.12. The summed E-state index contributed by atoms with van der Waals surface area (Å²) >= 11 is 0. The third-order valence-corrected chi connectivity index (χ3v) is 4.56. The van der Waals surface area contributed by atoms with Gasteiger partial charge in [0.25, 0.3) is 5.91 Å². The molecule has 0 radical (unpaired) electrons. The Bertz CT molecular complexity index is 862. The lowest BCUT2D eigenvalue weighted by Crippen LogP contribution is -2.41. The number of carbonyl (C=O) groups is 1. The lowest BCUT2D eigenvalue weighted by molar-refractivity contribution is 0.0945. The summed E-state index contributed by atoms with van der Waals surface area (Å²) < 4.78 is 1.85. The molecule has 1 aliphatic heterocycles. The predicted molar refractivity (Wildman–Crippen MR) is 94.5 cm³/mol. The number of piperidine rings is 1. The number of fused-ring (bicyclic) bond motifs is 1. The molecule has 3 aromatic heterocycles. The van der Waals surface area contributed by atoms with E-state index in [1.807, 2.05) is 35.0 Å². The maximum atomic E-state index is 12.4.